The monoisotopic (exact) mass is 439 g/mol. The smallest absolute Gasteiger partial charge is 0.128 e. The van der Waals surface area contributed by atoms with Crippen LogP contribution in [0, 0.1) is 19.3 Å². The summed E-state index contributed by atoms with van der Waals surface area (Å²) >= 11 is 1.71. The summed E-state index contributed by atoms with van der Waals surface area (Å²) in [6.07, 6.45) is 2.55. The topological polar surface area (TPSA) is 106 Å². The number of aryl methyl sites for hydroxylation is 2. The molecular formula is C23H29N5O2S. The third kappa shape index (κ3) is 6.26. The summed E-state index contributed by atoms with van der Waals surface area (Å²) in [5, 5.41) is 12.9. The molecule has 0 saturated heterocycles. The van der Waals surface area contributed by atoms with Gasteiger partial charge in [-0.25, -0.2) is 9.97 Å². The minimum atomic E-state index is 0.0476. The number of thiazole rings is 1. The maximum atomic E-state index is 8.62. The van der Waals surface area contributed by atoms with Gasteiger partial charge in [-0.1, -0.05) is 0 Å². The summed E-state index contributed by atoms with van der Waals surface area (Å²) in [6.45, 7) is 8.90. The molecule has 2 aromatic heterocycles. The first kappa shape index (κ1) is 22.7. The molecule has 0 fully saturated rings. The highest BCUT2D eigenvalue weighted by Gasteiger charge is 2.12. The molecule has 0 spiro atoms. The number of nitrogens with zero attached hydrogens (tertiary/aromatic N) is 2. The molecule has 7 nitrogen and oxygen atoms in total. The van der Waals surface area contributed by atoms with E-state index in [4.69, 9.17) is 20.6 Å². The lowest BCUT2D eigenvalue weighted by atomic mass is 10.0. The summed E-state index contributed by atoms with van der Waals surface area (Å²) in [5.74, 6) is 1.33. The van der Waals surface area contributed by atoms with E-state index in [0.29, 0.717) is 47.4 Å². The Kier molecular flexibility index (Phi) is 7.59. The van der Waals surface area contributed by atoms with Crippen LogP contribution in [-0.4, -0.2) is 35.1 Å². The molecule has 1 aromatic carbocycles. The molecule has 0 atom stereocenters. The quantitative estimate of drug-likeness (QED) is 0.185. The molecule has 31 heavy (non-hydrogen) atoms. The fraction of sp³-hybridized carbons (Fsp3) is 0.348. The van der Waals surface area contributed by atoms with Crippen LogP contribution in [0.1, 0.15) is 40.6 Å². The van der Waals surface area contributed by atoms with E-state index < -0.39 is 0 Å². The Morgan fingerprint density at radius 2 is 2.03 bits per heavy atom. The van der Waals surface area contributed by atoms with Crippen molar-refractivity contribution in [2.45, 2.75) is 40.2 Å². The number of nitrogens with two attached hydrogens (primary N) is 1. The SMILES string of the molecule is Cc1nc(C)c(CCOCNc2cc(C(=N)c3cc(OC(C)C)ccc3N)ccn2)s1. The highest BCUT2D eigenvalue weighted by Crippen LogP contribution is 2.24. The summed E-state index contributed by atoms with van der Waals surface area (Å²) in [4.78, 5) is 10.0. The van der Waals surface area contributed by atoms with Crippen molar-refractivity contribution in [3.05, 3.63) is 63.2 Å². The zero-order valence-electron chi connectivity index (χ0n) is 18.4. The fourth-order valence-electron chi connectivity index (χ4n) is 3.10. The van der Waals surface area contributed by atoms with Crippen molar-refractivity contribution in [1.82, 2.24) is 9.97 Å². The molecule has 0 aliphatic rings. The van der Waals surface area contributed by atoms with E-state index in [1.54, 1.807) is 35.7 Å². The Hall–Kier alpha value is -2.97. The van der Waals surface area contributed by atoms with Crippen molar-refractivity contribution in [1.29, 1.82) is 5.41 Å². The van der Waals surface area contributed by atoms with E-state index in [1.807, 2.05) is 39.8 Å². The molecular weight excluding hydrogens is 410 g/mol. The van der Waals surface area contributed by atoms with Crippen LogP contribution in [-0.2, 0) is 11.2 Å². The second-order valence-corrected chi connectivity index (χ2v) is 8.73. The van der Waals surface area contributed by atoms with Crippen LogP contribution in [0.15, 0.2) is 36.5 Å². The number of ether oxygens (including phenoxy) is 2. The molecule has 3 aromatic rings. The molecule has 8 heteroatoms. The highest BCUT2D eigenvalue weighted by molar-refractivity contribution is 7.11. The lowest BCUT2D eigenvalue weighted by Crippen LogP contribution is -2.11. The number of nitrogen functional groups attached to an aromatic ring is 1. The van der Waals surface area contributed by atoms with E-state index in [1.165, 1.54) is 4.88 Å². The summed E-state index contributed by atoms with van der Waals surface area (Å²) in [6, 6.07) is 8.99. The first-order chi connectivity index (χ1) is 14.8. The zero-order chi connectivity index (χ0) is 22.4. The maximum absolute atomic E-state index is 8.62. The molecule has 3 rings (SSSR count). The van der Waals surface area contributed by atoms with Crippen molar-refractivity contribution in [3.63, 3.8) is 0 Å². The van der Waals surface area contributed by atoms with E-state index in [2.05, 4.69) is 15.3 Å². The van der Waals surface area contributed by atoms with E-state index in [-0.39, 0.29) is 6.10 Å². The summed E-state index contributed by atoms with van der Waals surface area (Å²) in [5.41, 5.74) is 9.38. The Labute approximate surface area is 187 Å². The number of hydrogen-bond donors (Lipinski definition) is 3. The summed E-state index contributed by atoms with van der Waals surface area (Å²) < 4.78 is 11.4. The zero-order valence-corrected chi connectivity index (χ0v) is 19.2. The highest BCUT2D eigenvalue weighted by atomic mass is 32.1. The van der Waals surface area contributed by atoms with Gasteiger partial charge in [-0.05, 0) is 58.0 Å². The van der Waals surface area contributed by atoms with E-state index >= 15 is 0 Å². The van der Waals surface area contributed by atoms with Crippen LogP contribution in [0.25, 0.3) is 0 Å². The van der Waals surface area contributed by atoms with Crippen LogP contribution in [0.3, 0.4) is 0 Å². The molecule has 164 valence electrons. The molecule has 0 aliphatic carbocycles. The fourth-order valence-corrected chi connectivity index (χ4v) is 4.02. The van der Waals surface area contributed by atoms with Gasteiger partial charge >= 0.3 is 0 Å². The number of aromatic nitrogens is 2. The van der Waals surface area contributed by atoms with Crippen molar-refractivity contribution in [2.75, 3.05) is 24.4 Å². The number of anilines is 2. The largest absolute Gasteiger partial charge is 0.491 e. The normalized spacial score (nSPS) is 11.0. The van der Waals surface area contributed by atoms with Crippen LogP contribution >= 0.6 is 11.3 Å². The predicted molar refractivity (Wildman–Crippen MR) is 127 cm³/mol. The number of rotatable bonds is 10. The van der Waals surface area contributed by atoms with Gasteiger partial charge in [0.15, 0.2) is 0 Å². The van der Waals surface area contributed by atoms with Gasteiger partial charge in [-0.3, -0.25) is 5.41 Å². The van der Waals surface area contributed by atoms with Crippen LogP contribution in [0.2, 0.25) is 0 Å². The van der Waals surface area contributed by atoms with Gasteiger partial charge in [0.25, 0.3) is 0 Å². The van der Waals surface area contributed by atoms with Crippen LogP contribution < -0.4 is 15.8 Å². The molecule has 4 N–H and O–H groups in total. The second kappa shape index (κ2) is 10.4. The molecule has 0 unspecified atom stereocenters. The van der Waals surface area contributed by atoms with Gasteiger partial charge in [0.2, 0.25) is 0 Å². The van der Waals surface area contributed by atoms with Gasteiger partial charge in [0.05, 0.1) is 29.1 Å². The Morgan fingerprint density at radius 3 is 2.74 bits per heavy atom. The van der Waals surface area contributed by atoms with Gasteiger partial charge < -0.3 is 20.5 Å². The van der Waals surface area contributed by atoms with Crippen molar-refractivity contribution < 1.29 is 9.47 Å². The molecule has 0 bridgehead atoms. The average Bonchev–Trinajstić information content (AvgIpc) is 3.05. The Morgan fingerprint density at radius 1 is 1.23 bits per heavy atom. The molecule has 0 saturated carbocycles. The second-order valence-electron chi connectivity index (χ2n) is 7.44. The third-order valence-electron chi connectivity index (χ3n) is 4.54. The van der Waals surface area contributed by atoms with E-state index in [0.717, 1.165) is 17.1 Å². The van der Waals surface area contributed by atoms with Crippen molar-refractivity contribution in [3.8, 4) is 5.75 Å². The lowest BCUT2D eigenvalue weighted by molar-refractivity contribution is 0.155. The predicted octanol–water partition coefficient (Wildman–Crippen LogP) is 4.57. The Balaban J connectivity index is 1.58. The average molecular weight is 440 g/mol. The van der Waals surface area contributed by atoms with Gasteiger partial charge in [-0.15, -0.1) is 11.3 Å². The minimum Gasteiger partial charge on any atom is -0.491 e. The van der Waals surface area contributed by atoms with Gasteiger partial charge in [0.1, 0.15) is 18.3 Å². The number of benzene rings is 1. The molecule has 0 radical (unpaired) electrons. The molecule has 2 heterocycles. The van der Waals surface area contributed by atoms with Gasteiger partial charge in [-0.2, -0.15) is 0 Å². The first-order valence-corrected chi connectivity index (χ1v) is 11.0. The summed E-state index contributed by atoms with van der Waals surface area (Å²) in [7, 11) is 0. The minimum absolute atomic E-state index is 0.0476. The number of hydrogen-bond acceptors (Lipinski definition) is 8. The third-order valence-corrected chi connectivity index (χ3v) is 5.68. The standard InChI is InChI=1S/C23H29N5O2S/c1-14(2)30-18-5-6-20(24)19(12-18)23(25)17-7-9-26-22(11-17)27-13-29-10-8-21-15(3)28-16(4)31-21/h5-7,9,11-12,14,25H,8,10,13,24H2,1-4H3,(H,26,27). The molecule has 0 aliphatic heterocycles. The van der Waals surface area contributed by atoms with Crippen LogP contribution in [0.4, 0.5) is 11.5 Å². The van der Waals surface area contributed by atoms with Crippen LogP contribution in [0.5, 0.6) is 5.75 Å². The number of nitrogens with one attached hydrogen (secondary N) is 2. The van der Waals surface area contributed by atoms with Crippen molar-refractivity contribution in [2.24, 2.45) is 0 Å². The molecule has 0 amide bonds. The van der Waals surface area contributed by atoms with E-state index in [9.17, 15) is 0 Å². The lowest BCUT2D eigenvalue weighted by Gasteiger charge is -2.14. The Bertz CT molecular complexity index is 1050. The van der Waals surface area contributed by atoms with Crippen molar-refractivity contribution >= 4 is 28.6 Å². The first-order valence-electron chi connectivity index (χ1n) is 10.2. The van der Waals surface area contributed by atoms with Gasteiger partial charge in [0, 0.05) is 34.3 Å². The maximum Gasteiger partial charge on any atom is 0.128 e. The number of pyridine rings is 1.